The van der Waals surface area contributed by atoms with Gasteiger partial charge in [-0.1, -0.05) is 18.6 Å². The average molecular weight is 277 g/mol. The highest BCUT2D eigenvalue weighted by molar-refractivity contribution is 5.90. The third kappa shape index (κ3) is 3.59. The zero-order valence-corrected chi connectivity index (χ0v) is 13.1. The molecule has 1 aromatic rings. The maximum Gasteiger partial charge on any atom is 0.360 e. The highest BCUT2D eigenvalue weighted by Crippen LogP contribution is 2.28. The van der Waals surface area contributed by atoms with E-state index in [0.717, 1.165) is 17.7 Å². The van der Waals surface area contributed by atoms with Crippen LogP contribution >= 0.6 is 0 Å². The van der Waals surface area contributed by atoms with E-state index in [1.54, 1.807) is 0 Å². The second-order valence-electron chi connectivity index (χ2n) is 4.98. The van der Waals surface area contributed by atoms with Gasteiger partial charge in [0.05, 0.1) is 14.2 Å². The Bertz CT molecular complexity index is 521. The highest BCUT2D eigenvalue weighted by atomic mass is 16.5. The summed E-state index contributed by atoms with van der Waals surface area (Å²) in [4.78, 5) is 16.3. The van der Waals surface area contributed by atoms with Gasteiger partial charge >= 0.3 is 5.97 Å². The lowest BCUT2D eigenvalue weighted by Crippen LogP contribution is -2.11. The van der Waals surface area contributed by atoms with Crippen molar-refractivity contribution in [3.63, 3.8) is 0 Å². The molecule has 0 bridgehead atoms. The first-order valence-corrected chi connectivity index (χ1v) is 6.70. The first-order valence-electron chi connectivity index (χ1n) is 6.70. The molecule has 1 rings (SSSR count). The van der Waals surface area contributed by atoms with Crippen molar-refractivity contribution in [1.82, 2.24) is 4.98 Å². The summed E-state index contributed by atoms with van der Waals surface area (Å²) in [5, 5.41) is 0. The van der Waals surface area contributed by atoms with E-state index in [0.29, 0.717) is 5.75 Å². The fourth-order valence-corrected chi connectivity index (χ4v) is 2.14. The minimum atomic E-state index is -0.471. The predicted molar refractivity (Wildman–Crippen MR) is 79.3 cm³/mol. The van der Waals surface area contributed by atoms with Gasteiger partial charge in [-0.25, -0.2) is 9.78 Å². The number of ether oxygens (including phenoxy) is 2. The molecule has 110 valence electrons. The molecule has 4 heteroatoms. The van der Waals surface area contributed by atoms with Crippen molar-refractivity contribution < 1.29 is 14.3 Å². The molecule has 1 atom stereocenters. The number of carbonyl (C=O) groups excluding carboxylic acids is 1. The quantitative estimate of drug-likeness (QED) is 0.609. The molecule has 0 aliphatic rings. The van der Waals surface area contributed by atoms with E-state index in [1.807, 2.05) is 19.9 Å². The zero-order chi connectivity index (χ0) is 15.3. The summed E-state index contributed by atoms with van der Waals surface area (Å²) in [7, 11) is 2.88. The van der Waals surface area contributed by atoms with Crippen molar-refractivity contribution in [1.29, 1.82) is 0 Å². The van der Waals surface area contributed by atoms with Crippen LogP contribution in [-0.4, -0.2) is 25.2 Å². The standard InChI is InChI=1S/C16H23NO3/c1-7-10(2)8-11(3)13-9-12(4)15(19-5)14(17-13)16(18)20-6/h7,9,11H,8H2,1-6H3/b10-7+. The predicted octanol–water partition coefficient (Wildman–Crippen LogP) is 3.65. The van der Waals surface area contributed by atoms with E-state index >= 15 is 0 Å². The molecule has 0 fully saturated rings. The Morgan fingerprint density at radius 1 is 1.45 bits per heavy atom. The van der Waals surface area contributed by atoms with Gasteiger partial charge < -0.3 is 9.47 Å². The molecule has 1 aromatic heterocycles. The Labute approximate surface area is 120 Å². The smallest absolute Gasteiger partial charge is 0.360 e. The molecule has 0 N–H and O–H groups in total. The topological polar surface area (TPSA) is 48.4 Å². The number of hydrogen-bond acceptors (Lipinski definition) is 4. The van der Waals surface area contributed by atoms with Crippen LogP contribution in [0.25, 0.3) is 0 Å². The van der Waals surface area contributed by atoms with E-state index < -0.39 is 5.97 Å². The third-order valence-electron chi connectivity index (χ3n) is 3.39. The summed E-state index contributed by atoms with van der Waals surface area (Å²) in [6.07, 6.45) is 3.00. The minimum Gasteiger partial charge on any atom is -0.494 e. The van der Waals surface area contributed by atoms with Gasteiger partial charge in [0.1, 0.15) is 0 Å². The first kappa shape index (κ1) is 16.2. The normalized spacial score (nSPS) is 13.0. The van der Waals surface area contributed by atoms with Crippen molar-refractivity contribution >= 4 is 5.97 Å². The van der Waals surface area contributed by atoms with Gasteiger partial charge in [0.2, 0.25) is 0 Å². The van der Waals surface area contributed by atoms with Crippen LogP contribution in [0.1, 0.15) is 54.9 Å². The van der Waals surface area contributed by atoms with Gasteiger partial charge in [-0.3, -0.25) is 0 Å². The number of hydrogen-bond donors (Lipinski definition) is 0. The average Bonchev–Trinajstić information content (AvgIpc) is 2.45. The molecule has 0 spiro atoms. The molecular formula is C16H23NO3. The van der Waals surface area contributed by atoms with E-state index in [-0.39, 0.29) is 11.6 Å². The number of aromatic nitrogens is 1. The number of allylic oxidation sites excluding steroid dienone is 2. The number of nitrogens with zero attached hydrogens (tertiary/aromatic N) is 1. The second kappa shape index (κ2) is 7.08. The molecule has 0 radical (unpaired) electrons. The number of aryl methyl sites for hydroxylation is 1. The fraction of sp³-hybridized carbons (Fsp3) is 0.500. The Balaban J connectivity index is 3.23. The number of esters is 1. The van der Waals surface area contributed by atoms with Gasteiger partial charge in [-0.05, 0) is 38.8 Å². The Kier molecular flexibility index (Phi) is 5.74. The Hall–Kier alpha value is -1.84. The van der Waals surface area contributed by atoms with Crippen molar-refractivity contribution in [2.45, 2.75) is 40.0 Å². The largest absolute Gasteiger partial charge is 0.494 e. The summed E-state index contributed by atoms with van der Waals surface area (Å²) in [5.74, 6) is 0.247. The molecule has 0 aliphatic heterocycles. The lowest BCUT2D eigenvalue weighted by Gasteiger charge is -2.16. The minimum absolute atomic E-state index is 0.235. The molecule has 0 saturated heterocycles. The van der Waals surface area contributed by atoms with E-state index in [2.05, 4.69) is 24.9 Å². The molecule has 1 unspecified atom stereocenters. The van der Waals surface area contributed by atoms with Crippen molar-refractivity contribution in [2.24, 2.45) is 0 Å². The van der Waals surface area contributed by atoms with E-state index in [9.17, 15) is 4.79 Å². The van der Waals surface area contributed by atoms with E-state index in [1.165, 1.54) is 19.8 Å². The summed E-state index contributed by atoms with van der Waals surface area (Å²) < 4.78 is 10.0. The van der Waals surface area contributed by atoms with Crippen LogP contribution in [-0.2, 0) is 4.74 Å². The van der Waals surface area contributed by atoms with Gasteiger partial charge in [0.15, 0.2) is 11.4 Å². The third-order valence-corrected chi connectivity index (χ3v) is 3.39. The van der Waals surface area contributed by atoms with Gasteiger partial charge in [0, 0.05) is 11.6 Å². The summed E-state index contributed by atoms with van der Waals surface area (Å²) in [6.45, 7) is 8.12. The fourth-order valence-electron chi connectivity index (χ4n) is 2.14. The number of rotatable bonds is 5. The van der Waals surface area contributed by atoms with Crippen LogP contribution in [0.2, 0.25) is 0 Å². The first-order chi connectivity index (χ1) is 9.44. The maximum absolute atomic E-state index is 11.8. The SMILES string of the molecule is C/C=C(\C)CC(C)c1cc(C)c(OC)c(C(=O)OC)n1. The zero-order valence-electron chi connectivity index (χ0n) is 13.1. The van der Waals surface area contributed by atoms with Crippen LogP contribution in [0.4, 0.5) is 0 Å². The van der Waals surface area contributed by atoms with E-state index in [4.69, 9.17) is 9.47 Å². The monoisotopic (exact) mass is 277 g/mol. The molecule has 0 saturated carbocycles. The van der Waals surface area contributed by atoms with Gasteiger partial charge in [-0.15, -0.1) is 0 Å². The second-order valence-corrected chi connectivity index (χ2v) is 4.98. The van der Waals surface area contributed by atoms with Crippen LogP contribution in [0, 0.1) is 6.92 Å². The van der Waals surface area contributed by atoms with Gasteiger partial charge in [-0.2, -0.15) is 0 Å². The number of carbonyl (C=O) groups is 1. The van der Waals surface area contributed by atoms with Crippen LogP contribution in [0.5, 0.6) is 5.75 Å². The molecule has 20 heavy (non-hydrogen) atoms. The van der Waals surface area contributed by atoms with Crippen LogP contribution < -0.4 is 4.74 Å². The Morgan fingerprint density at radius 2 is 2.10 bits per heavy atom. The van der Waals surface area contributed by atoms with Crippen LogP contribution in [0.3, 0.4) is 0 Å². The summed E-state index contributed by atoms with van der Waals surface area (Å²) in [5.41, 5.74) is 3.31. The summed E-state index contributed by atoms with van der Waals surface area (Å²) >= 11 is 0. The number of pyridine rings is 1. The lowest BCUT2D eigenvalue weighted by molar-refractivity contribution is 0.0589. The number of methoxy groups -OCH3 is 2. The molecule has 1 heterocycles. The molecule has 0 amide bonds. The summed E-state index contributed by atoms with van der Waals surface area (Å²) in [6, 6.07) is 1.97. The van der Waals surface area contributed by atoms with Crippen LogP contribution in [0.15, 0.2) is 17.7 Å². The molecular weight excluding hydrogens is 254 g/mol. The molecule has 0 aromatic carbocycles. The highest BCUT2D eigenvalue weighted by Gasteiger charge is 2.20. The molecule has 4 nitrogen and oxygen atoms in total. The Morgan fingerprint density at radius 3 is 2.60 bits per heavy atom. The maximum atomic E-state index is 11.8. The van der Waals surface area contributed by atoms with Crippen molar-refractivity contribution in [3.05, 3.63) is 34.7 Å². The molecule has 0 aliphatic carbocycles. The lowest BCUT2D eigenvalue weighted by atomic mass is 9.96. The van der Waals surface area contributed by atoms with Crippen molar-refractivity contribution in [3.8, 4) is 5.75 Å². The van der Waals surface area contributed by atoms with Crippen molar-refractivity contribution in [2.75, 3.05) is 14.2 Å². The van der Waals surface area contributed by atoms with Gasteiger partial charge in [0.25, 0.3) is 0 Å².